The van der Waals surface area contributed by atoms with Gasteiger partial charge in [0.05, 0.1) is 18.7 Å². The fourth-order valence-electron chi connectivity index (χ4n) is 2.58. The van der Waals surface area contributed by atoms with E-state index in [1.807, 2.05) is 26.1 Å². The first-order valence-corrected chi connectivity index (χ1v) is 9.15. The van der Waals surface area contributed by atoms with E-state index in [4.69, 9.17) is 11.6 Å². The molecule has 1 aromatic heterocycles. The minimum absolute atomic E-state index is 0.149. The van der Waals surface area contributed by atoms with E-state index in [1.165, 1.54) is 10.8 Å². The fourth-order valence-corrected chi connectivity index (χ4v) is 4.05. The van der Waals surface area contributed by atoms with E-state index < -0.39 is 17.9 Å². The van der Waals surface area contributed by atoms with Crippen LogP contribution in [0.25, 0.3) is 0 Å². The van der Waals surface area contributed by atoms with Crippen LogP contribution >= 0.6 is 23.4 Å². The maximum absolute atomic E-state index is 12.1. The maximum atomic E-state index is 12.1. The molecule has 2 aromatic rings. The molecule has 0 aliphatic rings. The Kier molecular flexibility index (Phi) is 6.89. The van der Waals surface area contributed by atoms with Gasteiger partial charge < -0.3 is 10.4 Å². The summed E-state index contributed by atoms with van der Waals surface area (Å²) in [5, 5.41) is 13.3. The monoisotopic (exact) mass is 383 g/mol. The van der Waals surface area contributed by atoms with E-state index in [0.717, 1.165) is 22.6 Å². The van der Waals surface area contributed by atoms with Crippen molar-refractivity contribution in [3.05, 3.63) is 60.9 Å². The lowest BCUT2D eigenvalue weighted by atomic mass is 10.1. The number of aromatic nitrogens is 2. The average molecular weight is 384 g/mol. The molecule has 0 fully saturated rings. The zero-order valence-corrected chi connectivity index (χ0v) is 16.0. The lowest BCUT2D eigenvalue weighted by molar-refractivity contribution is 0.278. The number of H-pyrrole nitrogens is 1. The summed E-state index contributed by atoms with van der Waals surface area (Å²) in [4.78, 5) is 27.0. The molecular formula is C17H22ClN3O3S. The Hall–Kier alpha value is -1.54. The normalized spacial score (nSPS) is 12.4. The van der Waals surface area contributed by atoms with Gasteiger partial charge in [-0.3, -0.25) is 14.3 Å². The molecule has 2 rings (SSSR count). The number of rotatable bonds is 7. The standard InChI is InChI=1S/C17H22ClN3O3S/c1-10-4-14(18)5-12(15(10)25-11(2)6-19-3)7-21-8-13(9-22)16(23)20-17(21)24/h4-5,8,11,19,22H,6-7,9H2,1-3H3,(H,20,23,24). The second kappa shape index (κ2) is 8.71. The zero-order valence-electron chi connectivity index (χ0n) is 14.4. The summed E-state index contributed by atoms with van der Waals surface area (Å²) in [6.45, 7) is 4.79. The first kappa shape index (κ1) is 19.8. The van der Waals surface area contributed by atoms with Crippen molar-refractivity contribution in [3.63, 3.8) is 0 Å². The fraction of sp³-hybridized carbons (Fsp3) is 0.412. The summed E-state index contributed by atoms with van der Waals surface area (Å²) < 4.78 is 1.38. The van der Waals surface area contributed by atoms with Crippen LogP contribution in [0.5, 0.6) is 0 Å². The number of thioether (sulfide) groups is 1. The van der Waals surface area contributed by atoms with Gasteiger partial charge in [-0.25, -0.2) is 4.79 Å². The highest BCUT2D eigenvalue weighted by Gasteiger charge is 2.14. The van der Waals surface area contributed by atoms with E-state index in [1.54, 1.807) is 11.8 Å². The molecule has 0 bridgehead atoms. The van der Waals surface area contributed by atoms with Gasteiger partial charge in [-0.1, -0.05) is 18.5 Å². The van der Waals surface area contributed by atoms with Crippen LogP contribution < -0.4 is 16.6 Å². The van der Waals surface area contributed by atoms with Gasteiger partial charge in [-0.05, 0) is 37.2 Å². The second-order valence-electron chi connectivity index (χ2n) is 5.90. The molecule has 0 aliphatic heterocycles. The highest BCUT2D eigenvalue weighted by molar-refractivity contribution is 8.00. The predicted molar refractivity (Wildman–Crippen MR) is 102 cm³/mol. The molecule has 1 unspecified atom stereocenters. The third-order valence-corrected chi connectivity index (χ3v) is 5.33. The van der Waals surface area contributed by atoms with Gasteiger partial charge in [0.15, 0.2) is 0 Å². The molecule has 0 radical (unpaired) electrons. The summed E-state index contributed by atoms with van der Waals surface area (Å²) in [6, 6.07) is 3.73. The van der Waals surface area contributed by atoms with Gasteiger partial charge in [0, 0.05) is 27.9 Å². The van der Waals surface area contributed by atoms with Crippen LogP contribution in [0.15, 0.2) is 32.8 Å². The number of aromatic amines is 1. The van der Waals surface area contributed by atoms with Gasteiger partial charge in [0.1, 0.15) is 0 Å². The van der Waals surface area contributed by atoms with Crippen LogP contribution in [0.3, 0.4) is 0 Å². The Morgan fingerprint density at radius 2 is 2.08 bits per heavy atom. The number of nitrogens with zero attached hydrogens (tertiary/aromatic N) is 1. The number of aryl methyl sites for hydroxylation is 1. The molecule has 0 spiro atoms. The molecule has 8 heteroatoms. The molecule has 0 amide bonds. The minimum Gasteiger partial charge on any atom is -0.391 e. The number of halogens is 1. The minimum atomic E-state index is -0.566. The van der Waals surface area contributed by atoms with Crippen molar-refractivity contribution >= 4 is 23.4 Å². The predicted octanol–water partition coefficient (Wildman–Crippen LogP) is 1.74. The molecule has 1 heterocycles. The van der Waals surface area contributed by atoms with Crippen LogP contribution in [0.1, 0.15) is 23.6 Å². The van der Waals surface area contributed by atoms with Crippen molar-refractivity contribution in [1.82, 2.24) is 14.9 Å². The average Bonchev–Trinajstić information content (AvgIpc) is 2.53. The van der Waals surface area contributed by atoms with Crippen molar-refractivity contribution < 1.29 is 5.11 Å². The Balaban J connectivity index is 2.45. The van der Waals surface area contributed by atoms with Crippen molar-refractivity contribution in [2.75, 3.05) is 13.6 Å². The summed E-state index contributed by atoms with van der Waals surface area (Å²) in [5.41, 5.74) is 1.00. The molecule has 1 aromatic carbocycles. The smallest absolute Gasteiger partial charge is 0.328 e. The van der Waals surface area contributed by atoms with Gasteiger partial charge in [0.2, 0.25) is 0 Å². The second-order valence-corrected chi connectivity index (χ2v) is 7.78. The van der Waals surface area contributed by atoms with Crippen molar-refractivity contribution in [2.24, 2.45) is 0 Å². The van der Waals surface area contributed by atoms with E-state index in [2.05, 4.69) is 17.2 Å². The molecule has 0 aliphatic carbocycles. The molecular weight excluding hydrogens is 362 g/mol. The first-order chi connectivity index (χ1) is 11.8. The number of hydrogen-bond donors (Lipinski definition) is 3. The molecule has 25 heavy (non-hydrogen) atoms. The van der Waals surface area contributed by atoms with Crippen molar-refractivity contribution in [1.29, 1.82) is 0 Å². The Morgan fingerprint density at radius 1 is 1.36 bits per heavy atom. The lowest BCUT2D eigenvalue weighted by Crippen LogP contribution is -2.32. The number of nitrogens with one attached hydrogen (secondary N) is 2. The molecule has 0 saturated carbocycles. The van der Waals surface area contributed by atoms with E-state index in [-0.39, 0.29) is 12.1 Å². The summed E-state index contributed by atoms with van der Waals surface area (Å²) >= 11 is 7.91. The van der Waals surface area contributed by atoms with E-state index in [0.29, 0.717) is 10.3 Å². The Bertz CT molecular complexity index is 863. The highest BCUT2D eigenvalue weighted by Crippen LogP contribution is 2.32. The van der Waals surface area contributed by atoms with E-state index >= 15 is 0 Å². The Morgan fingerprint density at radius 3 is 2.72 bits per heavy atom. The third kappa shape index (κ3) is 4.98. The molecule has 1 atom stereocenters. The van der Waals surface area contributed by atoms with Crippen LogP contribution in [-0.4, -0.2) is 33.5 Å². The topological polar surface area (TPSA) is 87.1 Å². The molecule has 6 nitrogen and oxygen atoms in total. The summed E-state index contributed by atoms with van der Waals surface area (Å²) in [6.07, 6.45) is 1.39. The summed E-state index contributed by atoms with van der Waals surface area (Å²) in [7, 11) is 1.91. The number of aliphatic hydroxyl groups is 1. The Labute approximate surface area is 155 Å². The zero-order chi connectivity index (χ0) is 18.6. The van der Waals surface area contributed by atoms with Gasteiger partial charge in [-0.15, -0.1) is 11.8 Å². The van der Waals surface area contributed by atoms with Gasteiger partial charge >= 0.3 is 5.69 Å². The van der Waals surface area contributed by atoms with Crippen LogP contribution in [0.2, 0.25) is 5.02 Å². The quantitative estimate of drug-likeness (QED) is 0.634. The van der Waals surface area contributed by atoms with Gasteiger partial charge in [-0.2, -0.15) is 0 Å². The maximum Gasteiger partial charge on any atom is 0.328 e. The number of benzene rings is 1. The highest BCUT2D eigenvalue weighted by atomic mass is 35.5. The molecule has 3 N–H and O–H groups in total. The van der Waals surface area contributed by atoms with Gasteiger partial charge in [0.25, 0.3) is 5.56 Å². The van der Waals surface area contributed by atoms with Crippen molar-refractivity contribution in [2.45, 2.75) is 37.1 Å². The molecule has 0 saturated heterocycles. The third-order valence-electron chi connectivity index (χ3n) is 3.72. The van der Waals surface area contributed by atoms with E-state index in [9.17, 15) is 14.7 Å². The largest absolute Gasteiger partial charge is 0.391 e. The SMILES string of the molecule is CNCC(C)Sc1c(C)cc(Cl)cc1Cn1cc(CO)c(=O)[nH]c1=O. The number of aliphatic hydroxyl groups excluding tert-OH is 1. The van der Waals surface area contributed by atoms with Crippen LogP contribution in [-0.2, 0) is 13.2 Å². The van der Waals surface area contributed by atoms with Crippen molar-refractivity contribution in [3.8, 4) is 0 Å². The number of hydrogen-bond acceptors (Lipinski definition) is 5. The van der Waals surface area contributed by atoms with Crippen LogP contribution in [0, 0.1) is 6.92 Å². The summed E-state index contributed by atoms with van der Waals surface area (Å²) in [5.74, 6) is 0. The first-order valence-electron chi connectivity index (χ1n) is 7.89. The lowest BCUT2D eigenvalue weighted by Gasteiger charge is -2.18. The van der Waals surface area contributed by atoms with Crippen LogP contribution in [0.4, 0.5) is 0 Å². The molecule has 136 valence electrons.